The molecule has 1 amide bonds. The third-order valence-electron chi connectivity index (χ3n) is 5.39. The van der Waals surface area contributed by atoms with Crippen molar-refractivity contribution in [3.63, 3.8) is 0 Å². The number of benzene rings is 2. The van der Waals surface area contributed by atoms with E-state index in [1.165, 1.54) is 6.07 Å². The summed E-state index contributed by atoms with van der Waals surface area (Å²) in [6.45, 7) is 3.40. The number of nitrogens with zero attached hydrogens (tertiary/aromatic N) is 3. The first-order valence-corrected chi connectivity index (χ1v) is 9.84. The zero-order valence-corrected chi connectivity index (χ0v) is 16.1. The van der Waals surface area contributed by atoms with Crippen LogP contribution in [-0.4, -0.2) is 61.2 Å². The summed E-state index contributed by atoms with van der Waals surface area (Å²) in [5.74, 6) is -0.187. The van der Waals surface area contributed by atoms with Crippen LogP contribution >= 0.6 is 0 Å². The number of rotatable bonds is 5. The lowest BCUT2D eigenvalue weighted by Crippen LogP contribution is -2.40. The minimum Gasteiger partial charge on any atom is -0.380 e. The molecule has 2 heterocycles. The van der Waals surface area contributed by atoms with Crippen LogP contribution in [0.2, 0.25) is 0 Å². The second-order valence-corrected chi connectivity index (χ2v) is 7.31. The van der Waals surface area contributed by atoms with Gasteiger partial charge in [0, 0.05) is 49.5 Å². The Morgan fingerprint density at radius 3 is 2.59 bits per heavy atom. The molecule has 2 aromatic carbocycles. The number of nitrogens with one attached hydrogen (secondary N) is 1. The van der Waals surface area contributed by atoms with Crippen LogP contribution in [0.25, 0.3) is 0 Å². The van der Waals surface area contributed by atoms with Crippen molar-refractivity contribution < 1.29 is 14.5 Å². The number of carbonyl (C=O) groups is 1. The van der Waals surface area contributed by atoms with E-state index in [-0.39, 0.29) is 17.6 Å². The molecular formula is C21H24N4O4. The average Bonchev–Trinajstić information content (AvgIpc) is 3.22. The lowest BCUT2D eigenvalue weighted by molar-refractivity contribution is -0.384. The van der Waals surface area contributed by atoms with Gasteiger partial charge in [-0.1, -0.05) is 18.2 Å². The van der Waals surface area contributed by atoms with E-state index in [2.05, 4.69) is 5.32 Å². The molecule has 4 rings (SSSR count). The fraction of sp³-hybridized carbons (Fsp3) is 0.381. The SMILES string of the molecule is O=C(c1ccc(N2CCC(Nc3ccccc3)C2)c([N+](=O)[O-])c1)N1CCOCC1. The highest BCUT2D eigenvalue weighted by Crippen LogP contribution is 2.32. The van der Waals surface area contributed by atoms with Gasteiger partial charge in [-0.3, -0.25) is 14.9 Å². The van der Waals surface area contributed by atoms with Crippen molar-refractivity contribution in [1.82, 2.24) is 4.90 Å². The smallest absolute Gasteiger partial charge is 0.293 e. The van der Waals surface area contributed by atoms with Gasteiger partial charge in [-0.05, 0) is 30.7 Å². The number of anilines is 2. The molecule has 2 fully saturated rings. The molecule has 0 aromatic heterocycles. The lowest BCUT2D eigenvalue weighted by Gasteiger charge is -2.27. The van der Waals surface area contributed by atoms with E-state index >= 15 is 0 Å². The molecule has 8 nitrogen and oxygen atoms in total. The van der Waals surface area contributed by atoms with Crippen LogP contribution in [-0.2, 0) is 4.74 Å². The molecule has 8 heteroatoms. The maximum absolute atomic E-state index is 12.7. The van der Waals surface area contributed by atoms with Crippen LogP contribution in [0.1, 0.15) is 16.8 Å². The number of carbonyl (C=O) groups excluding carboxylic acids is 1. The summed E-state index contributed by atoms with van der Waals surface area (Å²) in [5.41, 5.74) is 1.93. The Morgan fingerprint density at radius 2 is 1.86 bits per heavy atom. The summed E-state index contributed by atoms with van der Waals surface area (Å²) < 4.78 is 5.27. The number of amides is 1. The van der Waals surface area contributed by atoms with Gasteiger partial charge >= 0.3 is 0 Å². The number of hydrogen-bond donors (Lipinski definition) is 1. The Balaban J connectivity index is 1.50. The predicted molar refractivity (Wildman–Crippen MR) is 111 cm³/mol. The minimum atomic E-state index is -0.399. The molecule has 2 saturated heterocycles. The zero-order chi connectivity index (χ0) is 20.2. The third kappa shape index (κ3) is 4.32. The Bertz CT molecular complexity index is 884. The van der Waals surface area contributed by atoms with E-state index in [4.69, 9.17) is 4.74 Å². The molecule has 29 heavy (non-hydrogen) atoms. The number of ether oxygens (including phenoxy) is 1. The topological polar surface area (TPSA) is 88.0 Å². The van der Waals surface area contributed by atoms with Crippen LogP contribution in [0.5, 0.6) is 0 Å². The highest BCUT2D eigenvalue weighted by atomic mass is 16.6. The molecule has 0 aliphatic carbocycles. The van der Waals surface area contributed by atoms with E-state index in [0.717, 1.165) is 18.7 Å². The van der Waals surface area contributed by atoms with Gasteiger partial charge in [0.15, 0.2) is 0 Å². The fourth-order valence-corrected chi connectivity index (χ4v) is 3.89. The number of para-hydroxylation sites is 1. The fourth-order valence-electron chi connectivity index (χ4n) is 3.89. The van der Waals surface area contributed by atoms with Crippen molar-refractivity contribution in [3.05, 3.63) is 64.2 Å². The summed E-state index contributed by atoms with van der Waals surface area (Å²) in [6.07, 6.45) is 0.889. The molecule has 2 aliphatic rings. The van der Waals surface area contributed by atoms with Gasteiger partial charge in [-0.25, -0.2) is 0 Å². The highest BCUT2D eigenvalue weighted by Gasteiger charge is 2.29. The van der Waals surface area contributed by atoms with Crippen molar-refractivity contribution in [2.75, 3.05) is 49.6 Å². The monoisotopic (exact) mass is 396 g/mol. The highest BCUT2D eigenvalue weighted by molar-refractivity contribution is 5.96. The predicted octanol–water partition coefficient (Wildman–Crippen LogP) is 2.76. The second kappa shape index (κ2) is 8.48. The van der Waals surface area contributed by atoms with Crippen LogP contribution in [0.3, 0.4) is 0 Å². The van der Waals surface area contributed by atoms with Gasteiger partial charge in [0.1, 0.15) is 5.69 Å². The molecule has 0 saturated carbocycles. The summed E-state index contributed by atoms with van der Waals surface area (Å²) in [4.78, 5) is 27.7. The molecule has 0 spiro atoms. The van der Waals surface area contributed by atoms with E-state index in [1.54, 1.807) is 17.0 Å². The number of nitro groups is 1. The molecule has 0 radical (unpaired) electrons. The molecule has 1 atom stereocenters. The second-order valence-electron chi connectivity index (χ2n) is 7.31. The maximum atomic E-state index is 12.7. The summed E-state index contributed by atoms with van der Waals surface area (Å²) in [6, 6.07) is 15.0. The standard InChI is InChI=1S/C21H24N4O4/c26-21(23-10-12-29-13-11-23)16-6-7-19(20(14-16)25(27)28)24-9-8-18(15-24)22-17-4-2-1-3-5-17/h1-7,14,18,22H,8-13,15H2. The van der Waals surface area contributed by atoms with Gasteiger partial charge in [0.05, 0.1) is 18.1 Å². The Kier molecular flexibility index (Phi) is 5.62. The van der Waals surface area contributed by atoms with E-state index < -0.39 is 4.92 Å². The van der Waals surface area contributed by atoms with Crippen LogP contribution in [0.15, 0.2) is 48.5 Å². The lowest BCUT2D eigenvalue weighted by atomic mass is 10.1. The van der Waals surface area contributed by atoms with E-state index in [1.807, 2.05) is 35.2 Å². The van der Waals surface area contributed by atoms with E-state index in [9.17, 15) is 14.9 Å². The Morgan fingerprint density at radius 1 is 1.10 bits per heavy atom. The first kappa shape index (κ1) is 19.2. The molecule has 1 N–H and O–H groups in total. The summed E-state index contributed by atoms with van der Waals surface area (Å²) >= 11 is 0. The average molecular weight is 396 g/mol. The molecule has 2 aromatic rings. The molecular weight excluding hydrogens is 372 g/mol. The Hall–Kier alpha value is -3.13. The normalized spacial score (nSPS) is 19.2. The summed E-state index contributed by atoms with van der Waals surface area (Å²) in [7, 11) is 0. The quantitative estimate of drug-likeness (QED) is 0.618. The van der Waals surface area contributed by atoms with Crippen LogP contribution < -0.4 is 10.2 Å². The van der Waals surface area contributed by atoms with Crippen molar-refractivity contribution in [2.24, 2.45) is 0 Å². The first-order chi connectivity index (χ1) is 14.1. The molecule has 152 valence electrons. The zero-order valence-electron chi connectivity index (χ0n) is 16.1. The minimum absolute atomic E-state index is 0.0236. The molecule has 1 unspecified atom stereocenters. The summed E-state index contributed by atoms with van der Waals surface area (Å²) in [5, 5.41) is 15.2. The van der Waals surface area contributed by atoms with Gasteiger partial charge < -0.3 is 19.9 Å². The number of hydrogen-bond acceptors (Lipinski definition) is 6. The van der Waals surface area contributed by atoms with Gasteiger partial charge in [-0.15, -0.1) is 0 Å². The van der Waals surface area contributed by atoms with Gasteiger partial charge in [0.25, 0.3) is 11.6 Å². The van der Waals surface area contributed by atoms with Gasteiger partial charge in [-0.2, -0.15) is 0 Å². The van der Waals surface area contributed by atoms with Crippen molar-refractivity contribution >= 4 is 23.0 Å². The van der Waals surface area contributed by atoms with Crippen molar-refractivity contribution in [2.45, 2.75) is 12.5 Å². The van der Waals surface area contributed by atoms with Crippen LogP contribution in [0.4, 0.5) is 17.1 Å². The number of nitro benzene ring substituents is 1. The third-order valence-corrected chi connectivity index (χ3v) is 5.39. The van der Waals surface area contributed by atoms with E-state index in [0.29, 0.717) is 44.1 Å². The first-order valence-electron chi connectivity index (χ1n) is 9.84. The largest absolute Gasteiger partial charge is 0.380 e. The number of morpholine rings is 1. The van der Waals surface area contributed by atoms with Crippen molar-refractivity contribution in [1.29, 1.82) is 0 Å². The van der Waals surface area contributed by atoms with Crippen LogP contribution in [0, 0.1) is 10.1 Å². The maximum Gasteiger partial charge on any atom is 0.293 e. The Labute approximate surface area is 169 Å². The van der Waals surface area contributed by atoms with Gasteiger partial charge in [0.2, 0.25) is 0 Å². The molecule has 2 aliphatic heterocycles. The van der Waals surface area contributed by atoms with Crippen molar-refractivity contribution in [3.8, 4) is 0 Å². The molecule has 0 bridgehead atoms.